The van der Waals surface area contributed by atoms with Gasteiger partial charge in [-0.1, -0.05) is 91.0 Å². The molecular weight excluding hydrogens is 510 g/mol. The van der Waals surface area contributed by atoms with Gasteiger partial charge in [-0.25, -0.2) is 0 Å². The van der Waals surface area contributed by atoms with Gasteiger partial charge in [0.1, 0.15) is 5.75 Å². The number of amides is 1. The molecule has 0 aliphatic heterocycles. The minimum absolute atomic E-state index is 0.0154. The van der Waals surface area contributed by atoms with Crippen LogP contribution in [0.15, 0.2) is 114 Å². The first kappa shape index (κ1) is 26.1. The molecule has 0 bridgehead atoms. The number of nitrogens with zero attached hydrogens (tertiary/aromatic N) is 1. The van der Waals surface area contributed by atoms with Crippen molar-refractivity contribution in [1.82, 2.24) is 14.9 Å². The zero-order valence-electron chi connectivity index (χ0n) is 22.8. The summed E-state index contributed by atoms with van der Waals surface area (Å²) in [7, 11) is 1.74. The second-order valence-electron chi connectivity index (χ2n) is 10.3. The minimum Gasteiger partial charge on any atom is -0.507 e. The van der Waals surface area contributed by atoms with E-state index < -0.39 is 5.92 Å². The lowest BCUT2D eigenvalue weighted by Gasteiger charge is -2.22. The minimum atomic E-state index is -0.554. The van der Waals surface area contributed by atoms with E-state index in [1.54, 1.807) is 11.6 Å². The van der Waals surface area contributed by atoms with Crippen molar-refractivity contribution in [2.24, 2.45) is 7.05 Å². The molecule has 2 heterocycles. The monoisotopic (exact) mass is 541 g/mol. The van der Waals surface area contributed by atoms with E-state index in [1.165, 1.54) is 0 Å². The van der Waals surface area contributed by atoms with Crippen LogP contribution in [0.5, 0.6) is 5.75 Å². The Labute approximate surface area is 237 Å². The second kappa shape index (κ2) is 11.2. The maximum absolute atomic E-state index is 13.9. The fourth-order valence-electron chi connectivity index (χ4n) is 5.79. The maximum Gasteiger partial charge on any atom is 0.258 e. The summed E-state index contributed by atoms with van der Waals surface area (Å²) in [4.78, 5) is 30.2. The fraction of sp³-hybridized carbons (Fsp3) is 0.143. The Bertz CT molecular complexity index is 1910. The number of aromatic amines is 1. The predicted molar refractivity (Wildman–Crippen MR) is 163 cm³/mol. The first-order chi connectivity index (χ1) is 20.0. The van der Waals surface area contributed by atoms with E-state index in [0.29, 0.717) is 35.9 Å². The number of pyridine rings is 1. The van der Waals surface area contributed by atoms with Gasteiger partial charge in [-0.05, 0) is 41.3 Å². The van der Waals surface area contributed by atoms with Gasteiger partial charge in [0, 0.05) is 35.6 Å². The van der Waals surface area contributed by atoms with E-state index in [2.05, 4.69) is 16.4 Å². The predicted octanol–water partition coefficient (Wildman–Crippen LogP) is 5.81. The number of carbonyl (C=O) groups is 1. The van der Waals surface area contributed by atoms with E-state index in [4.69, 9.17) is 0 Å². The van der Waals surface area contributed by atoms with Gasteiger partial charge in [-0.15, -0.1) is 0 Å². The van der Waals surface area contributed by atoms with Crippen LogP contribution in [0.25, 0.3) is 21.8 Å². The molecule has 0 radical (unpaired) electrons. The summed E-state index contributed by atoms with van der Waals surface area (Å²) in [5, 5.41) is 16.3. The molecule has 6 aromatic rings. The molecule has 0 fully saturated rings. The third-order valence-corrected chi connectivity index (χ3v) is 7.77. The maximum atomic E-state index is 13.9. The van der Waals surface area contributed by atoms with Crippen molar-refractivity contribution in [2.45, 2.75) is 18.8 Å². The Balaban J connectivity index is 1.46. The molecule has 1 atom stereocenters. The number of rotatable bonds is 8. The van der Waals surface area contributed by atoms with Crippen LogP contribution in [0.4, 0.5) is 0 Å². The topological polar surface area (TPSA) is 87.1 Å². The lowest BCUT2D eigenvalue weighted by atomic mass is 9.85. The smallest absolute Gasteiger partial charge is 0.258 e. The van der Waals surface area contributed by atoms with Crippen LogP contribution in [0, 0.1) is 0 Å². The molecule has 0 saturated carbocycles. The number of fused-ring (bicyclic) bond motifs is 2. The molecule has 0 aliphatic carbocycles. The lowest BCUT2D eigenvalue weighted by Crippen LogP contribution is -2.28. The molecule has 41 heavy (non-hydrogen) atoms. The molecule has 6 heteroatoms. The van der Waals surface area contributed by atoms with Crippen LogP contribution in [0.1, 0.15) is 33.9 Å². The quantitative estimate of drug-likeness (QED) is 0.227. The number of benzene rings is 4. The number of aryl methyl sites for hydroxylation is 1. The zero-order chi connectivity index (χ0) is 28.3. The van der Waals surface area contributed by atoms with Gasteiger partial charge in [0.05, 0.1) is 23.4 Å². The lowest BCUT2D eigenvalue weighted by molar-refractivity contribution is -0.120. The molecule has 1 unspecified atom stereocenters. The summed E-state index contributed by atoms with van der Waals surface area (Å²) in [6, 6.07) is 34.9. The van der Waals surface area contributed by atoms with Crippen LogP contribution in [-0.2, 0) is 24.7 Å². The fourth-order valence-corrected chi connectivity index (χ4v) is 5.79. The number of aromatic hydroxyl groups is 1. The van der Waals surface area contributed by atoms with Crippen LogP contribution >= 0.6 is 0 Å². The van der Waals surface area contributed by atoms with Crippen LogP contribution < -0.4 is 10.9 Å². The third-order valence-electron chi connectivity index (χ3n) is 7.77. The Kier molecular flexibility index (Phi) is 7.13. The van der Waals surface area contributed by atoms with Gasteiger partial charge in [-0.3, -0.25) is 9.59 Å². The highest BCUT2D eigenvalue weighted by Crippen LogP contribution is 2.40. The Morgan fingerprint density at radius 2 is 1.49 bits per heavy atom. The van der Waals surface area contributed by atoms with Gasteiger partial charge in [0.25, 0.3) is 5.56 Å². The average molecular weight is 542 g/mol. The largest absolute Gasteiger partial charge is 0.507 e. The molecule has 0 saturated heterocycles. The van der Waals surface area contributed by atoms with Gasteiger partial charge in [-0.2, -0.15) is 0 Å². The van der Waals surface area contributed by atoms with E-state index in [1.807, 2.05) is 103 Å². The highest BCUT2D eigenvalue weighted by molar-refractivity contribution is 5.88. The Hall–Kier alpha value is -5.10. The number of carbonyl (C=O) groups excluding carboxylic acids is 1. The van der Waals surface area contributed by atoms with E-state index in [9.17, 15) is 14.7 Å². The summed E-state index contributed by atoms with van der Waals surface area (Å²) in [6.07, 6.45) is 0.868. The highest BCUT2D eigenvalue weighted by atomic mass is 16.3. The van der Waals surface area contributed by atoms with E-state index in [0.717, 1.165) is 33.3 Å². The summed E-state index contributed by atoms with van der Waals surface area (Å²) in [6.45, 7) is 0.434. The summed E-state index contributed by atoms with van der Waals surface area (Å²) >= 11 is 0. The molecule has 3 N–H and O–H groups in total. The number of H-pyrrole nitrogens is 1. The van der Waals surface area contributed by atoms with Crippen molar-refractivity contribution < 1.29 is 9.90 Å². The highest BCUT2D eigenvalue weighted by Gasteiger charge is 2.30. The SMILES string of the molecule is Cn1c(=O)c(C(c2ccccc2)c2[nH]c3ccccc3c2CCNC(=O)Cc2ccccc2)c(O)c2ccccc21. The van der Waals surface area contributed by atoms with E-state index in [-0.39, 0.29) is 17.2 Å². The average Bonchev–Trinajstić information content (AvgIpc) is 3.37. The molecule has 6 nitrogen and oxygen atoms in total. The zero-order valence-corrected chi connectivity index (χ0v) is 22.8. The van der Waals surface area contributed by atoms with Gasteiger partial charge in [0.2, 0.25) is 5.91 Å². The van der Waals surface area contributed by atoms with Gasteiger partial charge in [0.15, 0.2) is 0 Å². The number of hydrogen-bond acceptors (Lipinski definition) is 3. The number of para-hydroxylation sites is 2. The molecular formula is C35H31N3O3. The van der Waals surface area contributed by atoms with Crippen LogP contribution in [-0.4, -0.2) is 27.1 Å². The second-order valence-corrected chi connectivity index (χ2v) is 10.3. The molecule has 0 spiro atoms. The molecule has 4 aromatic carbocycles. The van der Waals surface area contributed by atoms with E-state index >= 15 is 0 Å². The molecule has 0 aliphatic rings. The first-order valence-corrected chi connectivity index (χ1v) is 13.8. The van der Waals surface area contributed by atoms with Crippen molar-refractivity contribution in [3.05, 3.63) is 147 Å². The third kappa shape index (κ3) is 5.00. The normalized spacial score (nSPS) is 12.0. The molecule has 204 valence electrons. The van der Waals surface area contributed by atoms with Crippen molar-refractivity contribution in [2.75, 3.05) is 6.54 Å². The van der Waals surface area contributed by atoms with Crippen molar-refractivity contribution in [1.29, 1.82) is 0 Å². The Morgan fingerprint density at radius 1 is 0.854 bits per heavy atom. The summed E-state index contributed by atoms with van der Waals surface area (Å²) < 4.78 is 1.60. The standard InChI is InChI=1S/C35H31N3O3/c1-38-29-19-11-9-17-27(29)34(40)32(35(38)41)31(24-14-6-3-7-15-24)33-26(25-16-8-10-18-28(25)37-33)20-21-36-30(39)22-23-12-4-2-5-13-23/h2-19,31,37,40H,20-22H2,1H3,(H,36,39). The molecule has 6 rings (SSSR count). The number of nitrogens with one attached hydrogen (secondary N) is 2. The molecule has 1 amide bonds. The van der Waals surface area contributed by atoms with Crippen molar-refractivity contribution >= 4 is 27.7 Å². The number of hydrogen-bond donors (Lipinski definition) is 3. The molecule has 2 aromatic heterocycles. The summed E-state index contributed by atoms with van der Waals surface area (Å²) in [5.74, 6) is -0.613. The van der Waals surface area contributed by atoms with Gasteiger partial charge < -0.3 is 20.0 Å². The Morgan fingerprint density at radius 3 is 2.24 bits per heavy atom. The van der Waals surface area contributed by atoms with Crippen LogP contribution in [0.2, 0.25) is 0 Å². The van der Waals surface area contributed by atoms with Crippen molar-refractivity contribution in [3.8, 4) is 5.75 Å². The van der Waals surface area contributed by atoms with Crippen LogP contribution in [0.3, 0.4) is 0 Å². The van der Waals surface area contributed by atoms with Gasteiger partial charge >= 0.3 is 0 Å². The first-order valence-electron chi connectivity index (χ1n) is 13.8. The van der Waals surface area contributed by atoms with Crippen molar-refractivity contribution in [3.63, 3.8) is 0 Å². The number of aromatic nitrogens is 2. The summed E-state index contributed by atoms with van der Waals surface area (Å²) in [5.41, 5.74) is 5.35.